The van der Waals surface area contributed by atoms with Gasteiger partial charge in [-0.1, -0.05) is 54.6 Å². The van der Waals surface area contributed by atoms with E-state index in [4.69, 9.17) is 0 Å². The standard InChI is InChI=1S/C26H28N4O2/c1-2-28-25(32)26(12-7-15-30(19-26)24(31)23-18-27-13-14-29-23)17-20-8-6-11-22(16-20)21-9-4-3-5-10-21/h3-6,8-11,13-14,16,18H,2,7,12,15,17,19H2,1H3,(H,28,32)/t26-/m1/s1. The molecule has 0 aliphatic carbocycles. The molecule has 6 nitrogen and oxygen atoms in total. The van der Waals surface area contributed by atoms with Crippen LogP contribution in [0.4, 0.5) is 0 Å². The fraction of sp³-hybridized carbons (Fsp3) is 0.308. The van der Waals surface area contributed by atoms with Crippen molar-refractivity contribution < 1.29 is 9.59 Å². The molecular formula is C26H28N4O2. The molecule has 0 spiro atoms. The van der Waals surface area contributed by atoms with Gasteiger partial charge in [-0.3, -0.25) is 14.6 Å². The number of aromatic nitrogens is 2. The Morgan fingerprint density at radius 1 is 1.06 bits per heavy atom. The molecule has 3 aromatic rings. The van der Waals surface area contributed by atoms with Crippen LogP contribution in [0, 0.1) is 5.41 Å². The summed E-state index contributed by atoms with van der Waals surface area (Å²) in [6.45, 7) is 3.46. The van der Waals surface area contributed by atoms with Crippen molar-refractivity contribution in [2.24, 2.45) is 5.41 Å². The lowest BCUT2D eigenvalue weighted by Crippen LogP contribution is -2.54. The first-order chi connectivity index (χ1) is 15.6. The minimum Gasteiger partial charge on any atom is -0.356 e. The average Bonchev–Trinajstić information content (AvgIpc) is 2.85. The highest BCUT2D eigenvalue weighted by Gasteiger charge is 2.43. The summed E-state index contributed by atoms with van der Waals surface area (Å²) < 4.78 is 0. The second kappa shape index (κ2) is 9.73. The maximum atomic E-state index is 13.3. The molecule has 0 saturated carbocycles. The molecule has 1 aromatic heterocycles. The SMILES string of the molecule is CCNC(=O)[C@@]1(Cc2cccc(-c3ccccc3)c2)CCCN(C(=O)c2cnccn2)C1. The largest absolute Gasteiger partial charge is 0.356 e. The lowest BCUT2D eigenvalue weighted by molar-refractivity contribution is -0.133. The normalized spacial score (nSPS) is 18.2. The maximum absolute atomic E-state index is 13.3. The predicted molar refractivity (Wildman–Crippen MR) is 124 cm³/mol. The fourth-order valence-electron chi connectivity index (χ4n) is 4.52. The number of hydrogen-bond donors (Lipinski definition) is 1. The van der Waals surface area contributed by atoms with Gasteiger partial charge in [-0.15, -0.1) is 0 Å². The Morgan fingerprint density at radius 3 is 2.62 bits per heavy atom. The minimum atomic E-state index is -0.679. The van der Waals surface area contributed by atoms with Crippen LogP contribution in [0.1, 0.15) is 35.8 Å². The van der Waals surface area contributed by atoms with Crippen LogP contribution in [-0.2, 0) is 11.2 Å². The van der Waals surface area contributed by atoms with Gasteiger partial charge in [0.15, 0.2) is 0 Å². The van der Waals surface area contributed by atoms with Crippen LogP contribution in [0.3, 0.4) is 0 Å². The van der Waals surface area contributed by atoms with E-state index in [-0.39, 0.29) is 11.8 Å². The molecule has 0 unspecified atom stereocenters. The lowest BCUT2D eigenvalue weighted by Gasteiger charge is -2.41. The van der Waals surface area contributed by atoms with E-state index in [1.807, 2.05) is 31.2 Å². The van der Waals surface area contributed by atoms with E-state index in [2.05, 4.69) is 45.6 Å². The molecule has 6 heteroatoms. The number of amides is 2. The molecular weight excluding hydrogens is 400 g/mol. The molecule has 1 atom stereocenters. The Labute approximate surface area is 188 Å². The number of benzene rings is 2. The van der Waals surface area contributed by atoms with Gasteiger partial charge in [-0.05, 0) is 42.9 Å². The van der Waals surface area contributed by atoms with Crippen molar-refractivity contribution in [2.45, 2.75) is 26.2 Å². The van der Waals surface area contributed by atoms with Gasteiger partial charge in [0.1, 0.15) is 5.69 Å². The molecule has 0 bridgehead atoms. The van der Waals surface area contributed by atoms with Gasteiger partial charge >= 0.3 is 0 Å². The summed E-state index contributed by atoms with van der Waals surface area (Å²) in [6.07, 6.45) is 6.62. The molecule has 2 aromatic carbocycles. The van der Waals surface area contributed by atoms with Crippen LogP contribution in [0.25, 0.3) is 11.1 Å². The first-order valence-electron chi connectivity index (χ1n) is 11.1. The van der Waals surface area contributed by atoms with Crippen molar-refractivity contribution in [1.29, 1.82) is 0 Å². The van der Waals surface area contributed by atoms with E-state index >= 15 is 0 Å². The summed E-state index contributed by atoms with van der Waals surface area (Å²) in [4.78, 5) is 36.3. The molecule has 2 heterocycles. The average molecular weight is 429 g/mol. The predicted octanol–water partition coefficient (Wildman–Crippen LogP) is 3.74. The maximum Gasteiger partial charge on any atom is 0.274 e. The van der Waals surface area contributed by atoms with Crippen molar-refractivity contribution in [3.8, 4) is 11.1 Å². The van der Waals surface area contributed by atoms with Gasteiger partial charge in [-0.2, -0.15) is 0 Å². The third-order valence-corrected chi connectivity index (χ3v) is 6.04. The van der Waals surface area contributed by atoms with Crippen molar-refractivity contribution in [3.05, 3.63) is 84.4 Å². The van der Waals surface area contributed by atoms with Crippen molar-refractivity contribution in [2.75, 3.05) is 19.6 Å². The van der Waals surface area contributed by atoms with Gasteiger partial charge in [0.05, 0.1) is 11.6 Å². The quantitative estimate of drug-likeness (QED) is 0.649. The molecule has 1 aliphatic rings. The highest BCUT2D eigenvalue weighted by atomic mass is 16.2. The second-order valence-electron chi connectivity index (χ2n) is 8.30. The minimum absolute atomic E-state index is 0.00163. The molecule has 1 saturated heterocycles. The van der Waals surface area contributed by atoms with Crippen LogP contribution in [0.2, 0.25) is 0 Å². The zero-order chi connectivity index (χ0) is 22.4. The number of carbonyl (C=O) groups excluding carboxylic acids is 2. The van der Waals surface area contributed by atoms with Crippen molar-refractivity contribution in [1.82, 2.24) is 20.2 Å². The van der Waals surface area contributed by atoms with Crippen molar-refractivity contribution >= 4 is 11.8 Å². The number of nitrogens with one attached hydrogen (secondary N) is 1. The number of likely N-dealkylation sites (tertiary alicyclic amines) is 1. The molecule has 1 aliphatic heterocycles. The van der Waals surface area contributed by atoms with Gasteiger partial charge in [0.2, 0.25) is 5.91 Å². The highest BCUT2D eigenvalue weighted by molar-refractivity contribution is 5.93. The van der Waals surface area contributed by atoms with Gasteiger partial charge in [-0.25, -0.2) is 4.98 Å². The van der Waals surface area contributed by atoms with E-state index in [1.54, 1.807) is 11.1 Å². The molecule has 1 fully saturated rings. The van der Waals surface area contributed by atoms with Crippen LogP contribution in [0.15, 0.2) is 73.2 Å². The van der Waals surface area contributed by atoms with E-state index in [1.165, 1.54) is 12.4 Å². The van der Waals surface area contributed by atoms with Crippen LogP contribution in [0.5, 0.6) is 0 Å². The summed E-state index contributed by atoms with van der Waals surface area (Å²) in [6, 6.07) is 18.6. The third-order valence-electron chi connectivity index (χ3n) is 6.04. The molecule has 32 heavy (non-hydrogen) atoms. The Balaban J connectivity index is 1.62. The molecule has 1 N–H and O–H groups in total. The van der Waals surface area contributed by atoms with Crippen molar-refractivity contribution in [3.63, 3.8) is 0 Å². The van der Waals surface area contributed by atoms with Crippen LogP contribution < -0.4 is 5.32 Å². The van der Waals surface area contributed by atoms with E-state index in [9.17, 15) is 9.59 Å². The summed E-state index contributed by atoms with van der Waals surface area (Å²) in [5.74, 6) is -0.175. The van der Waals surface area contributed by atoms with Gasteiger partial charge in [0.25, 0.3) is 5.91 Å². The summed E-state index contributed by atoms with van der Waals surface area (Å²) in [5, 5.41) is 3.02. The highest BCUT2D eigenvalue weighted by Crippen LogP contribution is 2.35. The Hall–Kier alpha value is -3.54. The first-order valence-corrected chi connectivity index (χ1v) is 11.1. The number of hydrogen-bond acceptors (Lipinski definition) is 4. The van der Waals surface area contributed by atoms with E-state index < -0.39 is 5.41 Å². The molecule has 2 amide bonds. The second-order valence-corrected chi connectivity index (χ2v) is 8.30. The monoisotopic (exact) mass is 428 g/mol. The topological polar surface area (TPSA) is 75.2 Å². The zero-order valence-electron chi connectivity index (χ0n) is 18.3. The van der Waals surface area contributed by atoms with Gasteiger partial charge < -0.3 is 10.2 Å². The van der Waals surface area contributed by atoms with Crippen LogP contribution in [-0.4, -0.2) is 46.3 Å². The van der Waals surface area contributed by atoms with E-state index in [0.29, 0.717) is 31.7 Å². The molecule has 4 rings (SSSR count). The lowest BCUT2D eigenvalue weighted by atomic mass is 9.74. The number of rotatable bonds is 6. The van der Waals surface area contributed by atoms with Gasteiger partial charge in [0, 0.05) is 32.0 Å². The number of carbonyl (C=O) groups is 2. The van der Waals surface area contributed by atoms with Crippen LogP contribution >= 0.6 is 0 Å². The number of piperidine rings is 1. The summed E-state index contributed by atoms with van der Waals surface area (Å²) in [5.41, 5.74) is 2.99. The van der Waals surface area contributed by atoms with E-state index in [0.717, 1.165) is 29.5 Å². The summed E-state index contributed by atoms with van der Waals surface area (Å²) >= 11 is 0. The fourth-order valence-corrected chi connectivity index (χ4v) is 4.52. The third kappa shape index (κ3) is 4.69. The smallest absolute Gasteiger partial charge is 0.274 e. The zero-order valence-corrected chi connectivity index (χ0v) is 18.3. The first kappa shape index (κ1) is 21.7. The summed E-state index contributed by atoms with van der Waals surface area (Å²) in [7, 11) is 0. The number of nitrogens with zero attached hydrogens (tertiary/aromatic N) is 3. The molecule has 0 radical (unpaired) electrons. The Morgan fingerprint density at radius 2 is 1.88 bits per heavy atom. The Bertz CT molecular complexity index is 1070. The molecule has 164 valence electrons. The Kier molecular flexibility index (Phi) is 6.59.